The van der Waals surface area contributed by atoms with Crippen molar-refractivity contribution < 1.29 is 13.5 Å². The summed E-state index contributed by atoms with van der Waals surface area (Å²) in [5.74, 6) is 0.994. The van der Waals surface area contributed by atoms with E-state index in [9.17, 15) is 4.39 Å². The number of ether oxygens (including phenoxy) is 1. The Morgan fingerprint density at radius 3 is 2.62 bits per heavy atom. The number of methoxy groups -OCH3 is 1. The Morgan fingerprint density at radius 2 is 1.85 bits per heavy atom. The van der Waals surface area contributed by atoms with Crippen molar-refractivity contribution in [3.8, 4) is 17.2 Å². The first-order valence-corrected chi connectivity index (χ1v) is 8.06. The molecule has 128 valence electrons. The van der Waals surface area contributed by atoms with Gasteiger partial charge in [0.1, 0.15) is 17.1 Å². The van der Waals surface area contributed by atoms with E-state index in [-0.39, 0.29) is 5.82 Å². The van der Waals surface area contributed by atoms with Crippen LogP contribution in [0.25, 0.3) is 22.6 Å². The molecule has 0 unspecified atom stereocenters. The lowest BCUT2D eigenvalue weighted by Gasteiger charge is -1.99. The van der Waals surface area contributed by atoms with Gasteiger partial charge < -0.3 is 9.15 Å². The minimum Gasteiger partial charge on any atom is -0.497 e. The van der Waals surface area contributed by atoms with Gasteiger partial charge in [0.25, 0.3) is 0 Å². The molecule has 1 aromatic heterocycles. The van der Waals surface area contributed by atoms with E-state index >= 15 is 0 Å². The minimum atomic E-state index is -0.305. The largest absolute Gasteiger partial charge is 0.497 e. The summed E-state index contributed by atoms with van der Waals surface area (Å²) in [5.41, 5.74) is 3.33. The predicted molar refractivity (Wildman–Crippen MR) is 99.7 cm³/mol. The zero-order valence-corrected chi connectivity index (χ0v) is 14.0. The van der Waals surface area contributed by atoms with E-state index in [4.69, 9.17) is 9.15 Å². The molecule has 0 atom stereocenters. The minimum absolute atomic E-state index is 0.305. The van der Waals surface area contributed by atoms with Crippen LogP contribution >= 0.6 is 0 Å². The first kappa shape index (κ1) is 16.0. The van der Waals surface area contributed by atoms with Gasteiger partial charge in [0.15, 0.2) is 5.58 Å². The number of hydrogen-bond acceptors (Lipinski definition) is 4. The number of fused-ring (bicyclic) bond motifs is 1. The fourth-order valence-electron chi connectivity index (χ4n) is 2.58. The van der Waals surface area contributed by atoms with Crippen LogP contribution < -0.4 is 4.74 Å². The molecule has 3 aromatic carbocycles. The normalized spacial score (nSPS) is 11.3. The Labute approximate surface area is 149 Å². The quantitative estimate of drug-likeness (QED) is 0.465. The van der Waals surface area contributed by atoms with Gasteiger partial charge in [-0.1, -0.05) is 18.2 Å². The van der Waals surface area contributed by atoms with E-state index in [2.05, 4.69) is 9.98 Å². The standard InChI is InChI=1S/C21H15FN2O2/c1-25-17-9-6-14(7-10-17)21-24-19-12-16(8-11-20(19)26-21)23-13-15-4-2-3-5-18(15)22/h2-13H,1H3. The van der Waals surface area contributed by atoms with Gasteiger partial charge in [0.2, 0.25) is 5.89 Å². The Balaban J connectivity index is 1.64. The summed E-state index contributed by atoms with van der Waals surface area (Å²) in [5, 5.41) is 0. The SMILES string of the molecule is COc1ccc(-c2nc3cc(N=Cc4ccccc4F)ccc3o2)cc1. The number of benzene rings is 3. The monoisotopic (exact) mass is 346 g/mol. The number of hydrogen-bond donors (Lipinski definition) is 0. The van der Waals surface area contributed by atoms with Gasteiger partial charge in [0, 0.05) is 17.3 Å². The molecule has 4 rings (SSSR count). The van der Waals surface area contributed by atoms with E-state index in [0.717, 1.165) is 11.3 Å². The molecule has 4 nitrogen and oxygen atoms in total. The van der Waals surface area contributed by atoms with Crippen LogP contribution in [0, 0.1) is 5.82 Å². The molecule has 0 aliphatic carbocycles. The second kappa shape index (κ2) is 6.80. The molecule has 0 saturated carbocycles. The summed E-state index contributed by atoms with van der Waals surface area (Å²) in [6, 6.07) is 19.4. The Hall–Kier alpha value is -3.47. The highest BCUT2D eigenvalue weighted by molar-refractivity contribution is 5.85. The number of aliphatic imine (C=N–C) groups is 1. The molecule has 0 spiro atoms. The zero-order chi connectivity index (χ0) is 17.9. The molecular formula is C21H15FN2O2. The maximum absolute atomic E-state index is 13.7. The van der Waals surface area contributed by atoms with Crippen LogP contribution in [0.5, 0.6) is 5.75 Å². The molecular weight excluding hydrogens is 331 g/mol. The summed E-state index contributed by atoms with van der Waals surface area (Å²) >= 11 is 0. The van der Waals surface area contributed by atoms with Gasteiger partial charge in [-0.15, -0.1) is 0 Å². The van der Waals surface area contributed by atoms with E-state index in [1.165, 1.54) is 12.3 Å². The second-order valence-corrected chi connectivity index (χ2v) is 5.68. The first-order chi connectivity index (χ1) is 12.7. The van der Waals surface area contributed by atoms with Crippen molar-refractivity contribution >= 4 is 23.0 Å². The number of aromatic nitrogens is 1. The van der Waals surface area contributed by atoms with E-state index in [0.29, 0.717) is 28.2 Å². The van der Waals surface area contributed by atoms with Crippen molar-refractivity contribution in [2.45, 2.75) is 0 Å². The lowest BCUT2D eigenvalue weighted by atomic mass is 10.2. The van der Waals surface area contributed by atoms with Gasteiger partial charge in [-0.3, -0.25) is 4.99 Å². The zero-order valence-electron chi connectivity index (χ0n) is 14.0. The topological polar surface area (TPSA) is 47.6 Å². The highest BCUT2D eigenvalue weighted by Gasteiger charge is 2.09. The third-order valence-electron chi connectivity index (χ3n) is 3.97. The van der Waals surface area contributed by atoms with Crippen molar-refractivity contribution in [2.24, 2.45) is 4.99 Å². The van der Waals surface area contributed by atoms with E-state index in [1.54, 1.807) is 25.3 Å². The fourth-order valence-corrected chi connectivity index (χ4v) is 2.58. The van der Waals surface area contributed by atoms with E-state index in [1.807, 2.05) is 42.5 Å². The van der Waals surface area contributed by atoms with Crippen molar-refractivity contribution in [1.82, 2.24) is 4.98 Å². The van der Waals surface area contributed by atoms with Crippen molar-refractivity contribution in [3.63, 3.8) is 0 Å². The molecule has 0 bridgehead atoms. The highest BCUT2D eigenvalue weighted by atomic mass is 19.1. The van der Waals surface area contributed by atoms with Crippen LogP contribution in [0.4, 0.5) is 10.1 Å². The predicted octanol–water partition coefficient (Wildman–Crippen LogP) is 5.39. The fraction of sp³-hybridized carbons (Fsp3) is 0.0476. The average Bonchev–Trinajstić information content (AvgIpc) is 3.11. The smallest absolute Gasteiger partial charge is 0.227 e. The summed E-state index contributed by atoms with van der Waals surface area (Å²) in [4.78, 5) is 8.85. The molecule has 0 aliphatic rings. The molecule has 26 heavy (non-hydrogen) atoms. The molecule has 0 radical (unpaired) electrons. The molecule has 0 aliphatic heterocycles. The van der Waals surface area contributed by atoms with E-state index < -0.39 is 0 Å². The number of rotatable bonds is 4. The maximum Gasteiger partial charge on any atom is 0.227 e. The van der Waals surface area contributed by atoms with Crippen molar-refractivity contribution in [3.05, 3.63) is 78.1 Å². The van der Waals surface area contributed by atoms with Gasteiger partial charge >= 0.3 is 0 Å². The number of nitrogens with zero attached hydrogens (tertiary/aromatic N) is 2. The van der Waals surface area contributed by atoms with Crippen LogP contribution in [0.15, 0.2) is 76.1 Å². The van der Waals surface area contributed by atoms with Gasteiger partial charge in [-0.2, -0.15) is 0 Å². The summed E-state index contributed by atoms with van der Waals surface area (Å²) in [6.07, 6.45) is 1.50. The first-order valence-electron chi connectivity index (χ1n) is 8.06. The van der Waals surface area contributed by atoms with Gasteiger partial charge in [-0.05, 0) is 48.5 Å². The van der Waals surface area contributed by atoms with Crippen LogP contribution in [-0.2, 0) is 0 Å². The molecule has 4 aromatic rings. The van der Waals surface area contributed by atoms with Crippen LogP contribution in [0.2, 0.25) is 0 Å². The number of halogens is 1. The number of oxazole rings is 1. The van der Waals surface area contributed by atoms with Crippen LogP contribution in [-0.4, -0.2) is 18.3 Å². The van der Waals surface area contributed by atoms with Crippen molar-refractivity contribution in [2.75, 3.05) is 7.11 Å². The third kappa shape index (κ3) is 3.19. The second-order valence-electron chi connectivity index (χ2n) is 5.68. The Bertz CT molecular complexity index is 1080. The Morgan fingerprint density at radius 1 is 1.04 bits per heavy atom. The summed E-state index contributed by atoms with van der Waals surface area (Å²) in [6.45, 7) is 0. The molecule has 0 N–H and O–H groups in total. The average molecular weight is 346 g/mol. The molecule has 0 saturated heterocycles. The highest BCUT2D eigenvalue weighted by Crippen LogP contribution is 2.28. The lowest BCUT2D eigenvalue weighted by Crippen LogP contribution is -1.85. The van der Waals surface area contributed by atoms with Crippen LogP contribution in [0.3, 0.4) is 0 Å². The molecule has 1 heterocycles. The maximum atomic E-state index is 13.7. The molecule has 0 amide bonds. The van der Waals surface area contributed by atoms with Gasteiger partial charge in [-0.25, -0.2) is 9.37 Å². The lowest BCUT2D eigenvalue weighted by molar-refractivity contribution is 0.415. The van der Waals surface area contributed by atoms with Gasteiger partial charge in [0.05, 0.1) is 12.8 Å². The van der Waals surface area contributed by atoms with Crippen molar-refractivity contribution in [1.29, 1.82) is 0 Å². The molecule has 5 heteroatoms. The summed E-state index contributed by atoms with van der Waals surface area (Å²) < 4.78 is 24.6. The van der Waals surface area contributed by atoms with Crippen LogP contribution in [0.1, 0.15) is 5.56 Å². The molecule has 0 fully saturated rings. The summed E-state index contributed by atoms with van der Waals surface area (Å²) in [7, 11) is 1.62. The Kier molecular flexibility index (Phi) is 4.19. The third-order valence-corrected chi connectivity index (χ3v) is 3.97.